The zero-order valence-corrected chi connectivity index (χ0v) is 18.9. The standard InChI is InChI=1S/C18H25N3O5S2.ClH/c1-4-5-10-26-13-6-8-15(9-7-13)28(24,25)21-12-14(11-19)27-18(2,3)16(21)17(22)20-23;/h6-9,14,16,23H,10-12,19H2,1-3H3,(H,20,22);1H/t14-,16-;/m0./s1. The highest BCUT2D eigenvalue weighted by Gasteiger charge is 2.50. The first-order valence-electron chi connectivity index (χ1n) is 8.63. The van der Waals surface area contributed by atoms with Crippen LogP contribution in [0.4, 0.5) is 0 Å². The third-order valence-corrected chi connectivity index (χ3v) is 7.69. The van der Waals surface area contributed by atoms with Crippen molar-refractivity contribution in [2.75, 3.05) is 19.7 Å². The number of hydrogen-bond acceptors (Lipinski definition) is 7. The molecule has 0 aliphatic carbocycles. The molecule has 1 heterocycles. The first-order chi connectivity index (χ1) is 13.2. The number of carbonyl (C=O) groups is 1. The van der Waals surface area contributed by atoms with Gasteiger partial charge in [-0.05, 0) is 45.0 Å². The Labute approximate surface area is 182 Å². The van der Waals surface area contributed by atoms with Gasteiger partial charge in [-0.15, -0.1) is 30.1 Å². The maximum atomic E-state index is 13.3. The summed E-state index contributed by atoms with van der Waals surface area (Å²) in [5.74, 6) is 5.17. The number of nitrogens with one attached hydrogen (secondary N) is 1. The van der Waals surface area contributed by atoms with Crippen molar-refractivity contribution < 1.29 is 23.2 Å². The molecule has 4 N–H and O–H groups in total. The number of amides is 1. The van der Waals surface area contributed by atoms with Crippen molar-refractivity contribution in [1.29, 1.82) is 0 Å². The molecular formula is C18H26ClN3O5S2. The van der Waals surface area contributed by atoms with Crippen LogP contribution in [0.1, 0.15) is 20.8 Å². The second kappa shape index (κ2) is 10.5. The molecule has 8 nitrogen and oxygen atoms in total. The van der Waals surface area contributed by atoms with Crippen LogP contribution in [0, 0.1) is 11.8 Å². The number of sulfonamides is 1. The second-order valence-electron chi connectivity index (χ2n) is 6.72. The van der Waals surface area contributed by atoms with Gasteiger partial charge in [0.2, 0.25) is 10.0 Å². The fourth-order valence-electron chi connectivity index (χ4n) is 3.09. The molecule has 1 aliphatic heterocycles. The van der Waals surface area contributed by atoms with Crippen molar-refractivity contribution in [3.8, 4) is 17.6 Å². The monoisotopic (exact) mass is 463 g/mol. The van der Waals surface area contributed by atoms with Gasteiger partial charge in [0.05, 0.1) is 4.90 Å². The molecule has 1 aromatic carbocycles. The maximum Gasteiger partial charge on any atom is 0.263 e. The molecule has 2 rings (SSSR count). The van der Waals surface area contributed by atoms with Gasteiger partial charge in [-0.2, -0.15) is 4.31 Å². The molecule has 0 bridgehead atoms. The fourth-order valence-corrected chi connectivity index (χ4v) is 6.56. The Morgan fingerprint density at radius 2 is 2.03 bits per heavy atom. The minimum absolute atomic E-state index is 0. The summed E-state index contributed by atoms with van der Waals surface area (Å²) in [6.45, 7) is 5.75. The van der Waals surface area contributed by atoms with E-state index in [-0.39, 0.29) is 42.2 Å². The SMILES string of the molecule is CC#CCOc1ccc(S(=O)(=O)N2C[C@H](CN)SC(C)(C)[C@@H]2C(=O)NO)cc1.Cl. The van der Waals surface area contributed by atoms with Gasteiger partial charge < -0.3 is 10.5 Å². The zero-order chi connectivity index (χ0) is 20.9. The molecule has 1 aromatic rings. The summed E-state index contributed by atoms with van der Waals surface area (Å²) in [4.78, 5) is 12.3. The average Bonchev–Trinajstić information content (AvgIpc) is 2.66. The third kappa shape index (κ3) is 5.78. The van der Waals surface area contributed by atoms with E-state index in [4.69, 9.17) is 15.7 Å². The minimum Gasteiger partial charge on any atom is -0.481 e. The van der Waals surface area contributed by atoms with Crippen LogP contribution in [0.3, 0.4) is 0 Å². The summed E-state index contributed by atoms with van der Waals surface area (Å²) in [7, 11) is -4.01. The van der Waals surface area contributed by atoms with Crippen LogP contribution in [0.15, 0.2) is 29.2 Å². The van der Waals surface area contributed by atoms with Crippen LogP contribution in [0.25, 0.3) is 0 Å². The van der Waals surface area contributed by atoms with Gasteiger partial charge in [-0.25, -0.2) is 13.9 Å². The van der Waals surface area contributed by atoms with Gasteiger partial charge in [0, 0.05) is 23.1 Å². The Morgan fingerprint density at radius 1 is 1.41 bits per heavy atom. The van der Waals surface area contributed by atoms with Crippen LogP contribution >= 0.6 is 24.2 Å². The van der Waals surface area contributed by atoms with Crippen LogP contribution in [0.5, 0.6) is 5.75 Å². The van der Waals surface area contributed by atoms with E-state index < -0.39 is 26.7 Å². The van der Waals surface area contributed by atoms with E-state index in [0.717, 1.165) is 4.31 Å². The van der Waals surface area contributed by atoms with Crippen molar-refractivity contribution in [3.05, 3.63) is 24.3 Å². The van der Waals surface area contributed by atoms with Crippen molar-refractivity contribution >= 4 is 40.1 Å². The number of hydroxylamine groups is 1. The minimum atomic E-state index is -4.01. The average molecular weight is 464 g/mol. The smallest absolute Gasteiger partial charge is 0.263 e. The molecule has 0 unspecified atom stereocenters. The lowest BCUT2D eigenvalue weighted by Gasteiger charge is -2.46. The molecule has 2 atom stereocenters. The third-order valence-electron chi connectivity index (χ3n) is 4.34. The van der Waals surface area contributed by atoms with E-state index in [9.17, 15) is 13.2 Å². The Morgan fingerprint density at radius 3 is 2.55 bits per heavy atom. The molecular weight excluding hydrogens is 438 g/mol. The van der Waals surface area contributed by atoms with Crippen molar-refractivity contribution in [2.24, 2.45) is 5.73 Å². The van der Waals surface area contributed by atoms with E-state index in [0.29, 0.717) is 5.75 Å². The molecule has 0 radical (unpaired) electrons. The molecule has 0 saturated carbocycles. The zero-order valence-electron chi connectivity index (χ0n) is 16.4. The van der Waals surface area contributed by atoms with Gasteiger partial charge >= 0.3 is 0 Å². The van der Waals surface area contributed by atoms with E-state index in [2.05, 4.69) is 11.8 Å². The van der Waals surface area contributed by atoms with E-state index >= 15 is 0 Å². The first kappa shape index (κ1) is 25.6. The van der Waals surface area contributed by atoms with Gasteiger partial charge in [-0.1, -0.05) is 5.92 Å². The summed E-state index contributed by atoms with van der Waals surface area (Å²) in [5.41, 5.74) is 7.37. The van der Waals surface area contributed by atoms with E-state index in [1.54, 1.807) is 26.3 Å². The van der Waals surface area contributed by atoms with Crippen LogP contribution < -0.4 is 16.0 Å². The Kier molecular flexibility index (Phi) is 9.27. The Hall–Kier alpha value is -1.48. The molecule has 1 aliphatic rings. The lowest BCUT2D eigenvalue weighted by molar-refractivity contribution is -0.134. The Bertz CT molecular complexity index is 866. The first-order valence-corrected chi connectivity index (χ1v) is 11.0. The number of benzene rings is 1. The quantitative estimate of drug-likeness (QED) is 0.329. The molecule has 29 heavy (non-hydrogen) atoms. The maximum absolute atomic E-state index is 13.3. The fraction of sp³-hybridized carbons (Fsp3) is 0.500. The summed E-state index contributed by atoms with van der Waals surface area (Å²) in [5, 5.41) is 8.98. The molecule has 162 valence electrons. The largest absolute Gasteiger partial charge is 0.481 e. The van der Waals surface area contributed by atoms with Gasteiger partial charge in [0.15, 0.2) is 0 Å². The highest BCUT2D eigenvalue weighted by atomic mass is 35.5. The summed E-state index contributed by atoms with van der Waals surface area (Å²) >= 11 is 1.43. The van der Waals surface area contributed by atoms with Gasteiger partial charge in [0.25, 0.3) is 5.91 Å². The number of rotatable bonds is 6. The molecule has 11 heteroatoms. The van der Waals surface area contributed by atoms with E-state index in [1.807, 2.05) is 0 Å². The summed E-state index contributed by atoms with van der Waals surface area (Å²) in [6.07, 6.45) is 0. The van der Waals surface area contributed by atoms with Crippen LogP contribution in [-0.4, -0.2) is 59.6 Å². The van der Waals surface area contributed by atoms with Crippen molar-refractivity contribution in [1.82, 2.24) is 9.79 Å². The normalized spacial score (nSPS) is 21.3. The number of nitrogens with zero attached hydrogens (tertiary/aromatic N) is 1. The second-order valence-corrected chi connectivity index (χ2v) is 10.6. The number of carbonyl (C=O) groups excluding carboxylic acids is 1. The molecule has 1 fully saturated rings. The number of nitrogens with two attached hydrogens (primary N) is 1. The number of thioether (sulfide) groups is 1. The molecule has 0 spiro atoms. The predicted molar refractivity (Wildman–Crippen MR) is 115 cm³/mol. The molecule has 1 saturated heterocycles. The number of hydrogen-bond donors (Lipinski definition) is 3. The summed E-state index contributed by atoms with van der Waals surface area (Å²) < 4.78 is 32.3. The Balaban J connectivity index is 0.00000420. The topological polar surface area (TPSA) is 122 Å². The lowest BCUT2D eigenvalue weighted by Crippen LogP contribution is -2.63. The summed E-state index contributed by atoms with van der Waals surface area (Å²) in [6, 6.07) is 4.82. The van der Waals surface area contributed by atoms with Crippen molar-refractivity contribution in [2.45, 2.75) is 41.7 Å². The van der Waals surface area contributed by atoms with Crippen molar-refractivity contribution in [3.63, 3.8) is 0 Å². The number of ether oxygens (including phenoxy) is 1. The predicted octanol–water partition coefficient (Wildman–Crippen LogP) is 1.23. The van der Waals surface area contributed by atoms with Crippen LogP contribution in [0.2, 0.25) is 0 Å². The molecule has 1 amide bonds. The van der Waals surface area contributed by atoms with Gasteiger partial charge in [0.1, 0.15) is 18.4 Å². The van der Waals surface area contributed by atoms with E-state index in [1.165, 1.54) is 36.0 Å². The number of halogens is 1. The lowest BCUT2D eigenvalue weighted by atomic mass is 10.0. The highest BCUT2D eigenvalue weighted by Crippen LogP contribution is 2.41. The van der Waals surface area contributed by atoms with Crippen LogP contribution in [-0.2, 0) is 14.8 Å². The highest BCUT2D eigenvalue weighted by molar-refractivity contribution is 8.01. The molecule has 0 aromatic heterocycles. The van der Waals surface area contributed by atoms with Gasteiger partial charge in [-0.3, -0.25) is 10.0 Å².